The zero-order valence-electron chi connectivity index (χ0n) is 13.7. The molecular formula is C18H22N4O. The molecule has 5 heteroatoms. The molecule has 0 aromatic carbocycles. The first kappa shape index (κ1) is 14.6. The summed E-state index contributed by atoms with van der Waals surface area (Å²) in [5.74, 6) is 0.721. The Hall–Kier alpha value is -2.01. The Morgan fingerprint density at radius 2 is 2.00 bits per heavy atom. The summed E-state index contributed by atoms with van der Waals surface area (Å²) >= 11 is 0. The number of rotatable bonds is 2. The highest BCUT2D eigenvalue weighted by atomic mass is 16.1. The maximum Gasteiger partial charge on any atom is 0.254 e. The van der Waals surface area contributed by atoms with Gasteiger partial charge in [-0.15, -0.1) is 0 Å². The third kappa shape index (κ3) is 2.70. The summed E-state index contributed by atoms with van der Waals surface area (Å²) in [6.45, 7) is 4.78. The van der Waals surface area contributed by atoms with Crippen LogP contribution in [0.2, 0.25) is 0 Å². The van der Waals surface area contributed by atoms with Crippen molar-refractivity contribution >= 4 is 0 Å². The monoisotopic (exact) mass is 310 g/mol. The van der Waals surface area contributed by atoms with Crippen LogP contribution in [0.25, 0.3) is 0 Å². The van der Waals surface area contributed by atoms with E-state index in [0.717, 1.165) is 48.6 Å². The zero-order chi connectivity index (χ0) is 16.0. The first-order valence-electron chi connectivity index (χ1n) is 8.36. The molecule has 0 aliphatic carbocycles. The van der Waals surface area contributed by atoms with Gasteiger partial charge in [0, 0.05) is 36.8 Å². The highest BCUT2D eigenvalue weighted by molar-refractivity contribution is 5.24. The van der Waals surface area contributed by atoms with Gasteiger partial charge in [-0.3, -0.25) is 14.7 Å². The second kappa shape index (κ2) is 5.57. The highest BCUT2D eigenvalue weighted by Crippen LogP contribution is 2.33. The molecule has 1 saturated heterocycles. The van der Waals surface area contributed by atoms with Crippen molar-refractivity contribution in [2.24, 2.45) is 0 Å². The van der Waals surface area contributed by atoms with E-state index in [1.165, 1.54) is 12.0 Å². The van der Waals surface area contributed by atoms with Gasteiger partial charge in [0.2, 0.25) is 0 Å². The molecule has 2 unspecified atom stereocenters. The molecule has 2 bridgehead atoms. The SMILES string of the molecule is Cc1ccc(CN2C3CCC2Cc2c(nc(C)[nH]c2=O)C3)nc1. The summed E-state index contributed by atoms with van der Waals surface area (Å²) in [6, 6.07) is 5.13. The van der Waals surface area contributed by atoms with Crippen molar-refractivity contribution in [2.45, 2.75) is 58.2 Å². The summed E-state index contributed by atoms with van der Waals surface area (Å²) in [6.07, 6.45) is 5.95. The van der Waals surface area contributed by atoms with Crippen LogP contribution in [-0.4, -0.2) is 31.9 Å². The molecule has 0 radical (unpaired) electrons. The van der Waals surface area contributed by atoms with Gasteiger partial charge in [0.15, 0.2) is 0 Å². The Bertz CT molecular complexity index is 781. The van der Waals surface area contributed by atoms with Crippen LogP contribution in [0, 0.1) is 13.8 Å². The second-order valence-corrected chi connectivity index (χ2v) is 6.87. The number of aryl methyl sites for hydroxylation is 2. The smallest absolute Gasteiger partial charge is 0.254 e. The summed E-state index contributed by atoms with van der Waals surface area (Å²) < 4.78 is 0. The average molecular weight is 310 g/mol. The molecule has 1 fully saturated rings. The lowest BCUT2D eigenvalue weighted by molar-refractivity contribution is 0.185. The van der Waals surface area contributed by atoms with E-state index in [-0.39, 0.29) is 5.56 Å². The Labute approximate surface area is 135 Å². The maximum atomic E-state index is 12.3. The lowest BCUT2D eigenvalue weighted by atomic mass is 9.98. The van der Waals surface area contributed by atoms with Crippen LogP contribution in [-0.2, 0) is 19.4 Å². The third-order valence-electron chi connectivity index (χ3n) is 5.18. The second-order valence-electron chi connectivity index (χ2n) is 6.87. The van der Waals surface area contributed by atoms with Crippen LogP contribution in [0.4, 0.5) is 0 Å². The third-order valence-corrected chi connectivity index (χ3v) is 5.18. The lowest BCUT2D eigenvalue weighted by Crippen LogP contribution is -2.36. The Morgan fingerprint density at radius 3 is 2.74 bits per heavy atom. The van der Waals surface area contributed by atoms with E-state index >= 15 is 0 Å². The molecule has 2 aromatic heterocycles. The summed E-state index contributed by atoms with van der Waals surface area (Å²) in [7, 11) is 0. The van der Waals surface area contributed by atoms with Gasteiger partial charge in [-0.05, 0) is 44.7 Å². The standard InChI is InChI=1S/C18H22N4O/c1-11-3-4-13(19-9-11)10-22-14-5-6-15(22)8-17-16(7-14)18(23)21-12(2)20-17/h3-4,9,14-15H,5-8,10H2,1-2H3,(H,20,21,23). The van der Waals surface area contributed by atoms with E-state index in [0.29, 0.717) is 12.1 Å². The maximum absolute atomic E-state index is 12.3. The van der Waals surface area contributed by atoms with Gasteiger partial charge < -0.3 is 4.98 Å². The molecule has 120 valence electrons. The average Bonchev–Trinajstić information content (AvgIpc) is 2.78. The minimum absolute atomic E-state index is 0.0495. The number of hydrogen-bond acceptors (Lipinski definition) is 4. The van der Waals surface area contributed by atoms with Crippen molar-refractivity contribution in [3.8, 4) is 0 Å². The van der Waals surface area contributed by atoms with Gasteiger partial charge >= 0.3 is 0 Å². The van der Waals surface area contributed by atoms with Crippen molar-refractivity contribution < 1.29 is 0 Å². The van der Waals surface area contributed by atoms with Crippen LogP contribution in [0.3, 0.4) is 0 Å². The molecule has 2 aromatic rings. The Kier molecular flexibility index (Phi) is 3.53. The van der Waals surface area contributed by atoms with Crippen LogP contribution >= 0.6 is 0 Å². The number of aromatic nitrogens is 3. The van der Waals surface area contributed by atoms with Gasteiger partial charge in [-0.25, -0.2) is 4.98 Å². The molecule has 1 N–H and O–H groups in total. The number of fused-ring (bicyclic) bond motifs is 3. The zero-order valence-corrected chi connectivity index (χ0v) is 13.7. The number of hydrogen-bond donors (Lipinski definition) is 1. The molecule has 4 heterocycles. The largest absolute Gasteiger partial charge is 0.311 e. The molecule has 0 amide bonds. The molecular weight excluding hydrogens is 288 g/mol. The van der Waals surface area contributed by atoms with Crippen LogP contribution in [0.15, 0.2) is 23.1 Å². The summed E-state index contributed by atoms with van der Waals surface area (Å²) in [4.78, 5) is 26.8. The fourth-order valence-electron chi connectivity index (χ4n) is 4.00. The number of H-pyrrole nitrogens is 1. The fourth-order valence-corrected chi connectivity index (χ4v) is 4.00. The van der Waals surface area contributed by atoms with Crippen molar-refractivity contribution in [2.75, 3.05) is 0 Å². The topological polar surface area (TPSA) is 61.9 Å². The normalized spacial score (nSPS) is 23.6. The molecule has 4 rings (SSSR count). The number of pyridine rings is 1. The van der Waals surface area contributed by atoms with E-state index in [1.807, 2.05) is 13.1 Å². The van der Waals surface area contributed by atoms with Gasteiger partial charge in [0.1, 0.15) is 5.82 Å². The predicted octanol–water partition coefficient (Wildman–Crippen LogP) is 1.91. The minimum Gasteiger partial charge on any atom is -0.311 e. The highest BCUT2D eigenvalue weighted by Gasteiger charge is 2.38. The van der Waals surface area contributed by atoms with Gasteiger partial charge in [-0.2, -0.15) is 0 Å². The van der Waals surface area contributed by atoms with Crippen molar-refractivity contribution in [3.63, 3.8) is 0 Å². The van der Waals surface area contributed by atoms with Crippen molar-refractivity contribution in [1.29, 1.82) is 0 Å². The van der Waals surface area contributed by atoms with Crippen LogP contribution in [0.1, 0.15) is 41.2 Å². The molecule has 2 atom stereocenters. The van der Waals surface area contributed by atoms with E-state index < -0.39 is 0 Å². The van der Waals surface area contributed by atoms with Gasteiger partial charge in [-0.1, -0.05) is 6.07 Å². The Morgan fingerprint density at radius 1 is 1.22 bits per heavy atom. The van der Waals surface area contributed by atoms with Crippen molar-refractivity contribution in [3.05, 3.63) is 57.0 Å². The first-order valence-corrected chi connectivity index (χ1v) is 8.36. The molecule has 2 aliphatic rings. The van der Waals surface area contributed by atoms with E-state index in [9.17, 15) is 4.79 Å². The molecule has 23 heavy (non-hydrogen) atoms. The quantitative estimate of drug-likeness (QED) is 0.920. The number of nitrogens with one attached hydrogen (secondary N) is 1. The summed E-state index contributed by atoms with van der Waals surface area (Å²) in [5.41, 5.74) is 4.24. The van der Waals surface area contributed by atoms with E-state index in [1.54, 1.807) is 0 Å². The molecule has 2 aliphatic heterocycles. The molecule has 0 spiro atoms. The van der Waals surface area contributed by atoms with Crippen LogP contribution < -0.4 is 5.56 Å². The lowest BCUT2D eigenvalue weighted by Gasteiger charge is -2.27. The predicted molar refractivity (Wildman–Crippen MR) is 88.3 cm³/mol. The minimum atomic E-state index is 0.0495. The summed E-state index contributed by atoms with van der Waals surface area (Å²) in [5, 5.41) is 0. The number of aromatic amines is 1. The van der Waals surface area contributed by atoms with Crippen molar-refractivity contribution in [1.82, 2.24) is 19.9 Å². The molecule has 0 saturated carbocycles. The van der Waals surface area contributed by atoms with E-state index in [4.69, 9.17) is 0 Å². The number of nitrogens with zero attached hydrogens (tertiary/aromatic N) is 3. The van der Waals surface area contributed by atoms with Gasteiger partial charge in [0.05, 0.1) is 11.4 Å². The Balaban J connectivity index is 1.64. The van der Waals surface area contributed by atoms with Crippen LogP contribution in [0.5, 0.6) is 0 Å². The first-order chi connectivity index (χ1) is 11.1. The fraction of sp³-hybridized carbons (Fsp3) is 0.500. The van der Waals surface area contributed by atoms with Gasteiger partial charge in [0.25, 0.3) is 5.56 Å². The van der Waals surface area contributed by atoms with E-state index in [2.05, 4.69) is 38.9 Å². The molecule has 5 nitrogen and oxygen atoms in total.